The first-order valence-corrected chi connectivity index (χ1v) is 16.2. The van der Waals surface area contributed by atoms with Crippen molar-refractivity contribution in [1.82, 2.24) is 9.88 Å². The van der Waals surface area contributed by atoms with Crippen LogP contribution in [0.1, 0.15) is 77.2 Å². The molecule has 3 heterocycles. The number of pyridine rings is 1. The van der Waals surface area contributed by atoms with E-state index in [1.54, 1.807) is 13.8 Å². The molecule has 1 unspecified atom stereocenters. The van der Waals surface area contributed by atoms with Gasteiger partial charge in [0.1, 0.15) is 5.00 Å². The van der Waals surface area contributed by atoms with Crippen molar-refractivity contribution in [3.63, 3.8) is 0 Å². The fourth-order valence-corrected chi connectivity index (χ4v) is 7.54. The zero-order chi connectivity index (χ0) is 31.0. The molecule has 2 aromatic heterocycles. The highest BCUT2D eigenvalue weighted by atomic mass is 32.1. The number of nitrogens with zero attached hydrogens (tertiary/aromatic N) is 2. The largest absolute Gasteiger partial charge is 0.462 e. The first kappa shape index (κ1) is 30.0. The van der Waals surface area contributed by atoms with Gasteiger partial charge >= 0.3 is 11.9 Å². The molecular formula is C35H37N3O5S. The zero-order valence-electron chi connectivity index (χ0n) is 25.6. The highest BCUT2D eigenvalue weighted by Crippen LogP contribution is 2.45. The van der Waals surface area contributed by atoms with Gasteiger partial charge in [0.05, 0.1) is 23.3 Å². The quantitative estimate of drug-likeness (QED) is 0.225. The average Bonchev–Trinajstić information content (AvgIpc) is 3.40. The Balaban J connectivity index is 1.32. The Kier molecular flexibility index (Phi) is 8.51. The number of carbonyl (C=O) groups excluding carboxylic acids is 3. The van der Waals surface area contributed by atoms with Crippen molar-refractivity contribution in [2.24, 2.45) is 0 Å². The van der Waals surface area contributed by atoms with Gasteiger partial charge in [-0.3, -0.25) is 14.7 Å². The summed E-state index contributed by atoms with van der Waals surface area (Å²) in [6.07, 6.45) is 1.42. The summed E-state index contributed by atoms with van der Waals surface area (Å²) in [5.41, 5.74) is 6.50. The predicted octanol–water partition coefficient (Wildman–Crippen LogP) is 6.58. The lowest BCUT2D eigenvalue weighted by Crippen LogP contribution is -2.38. The molecule has 1 aliphatic carbocycles. The zero-order valence-corrected chi connectivity index (χ0v) is 26.4. The summed E-state index contributed by atoms with van der Waals surface area (Å²) in [6.45, 7) is 9.52. The van der Waals surface area contributed by atoms with Crippen LogP contribution in [0.4, 0.5) is 5.00 Å². The van der Waals surface area contributed by atoms with Crippen LogP contribution in [0.2, 0.25) is 0 Å². The van der Waals surface area contributed by atoms with Crippen molar-refractivity contribution in [1.29, 1.82) is 0 Å². The van der Waals surface area contributed by atoms with E-state index in [1.165, 1.54) is 16.9 Å². The minimum absolute atomic E-state index is 0.223. The van der Waals surface area contributed by atoms with Gasteiger partial charge in [0, 0.05) is 47.1 Å². The lowest BCUT2D eigenvalue weighted by molar-refractivity contribution is -0.124. The van der Waals surface area contributed by atoms with Crippen LogP contribution in [0, 0.1) is 0 Å². The Labute approximate surface area is 261 Å². The third-order valence-electron chi connectivity index (χ3n) is 8.55. The number of rotatable bonds is 8. The average molecular weight is 612 g/mol. The van der Waals surface area contributed by atoms with Crippen LogP contribution in [0.3, 0.4) is 0 Å². The van der Waals surface area contributed by atoms with E-state index in [2.05, 4.69) is 30.1 Å². The minimum atomic E-state index is -1.06. The van der Waals surface area contributed by atoms with E-state index in [1.807, 2.05) is 42.5 Å². The Morgan fingerprint density at radius 3 is 2.50 bits per heavy atom. The summed E-state index contributed by atoms with van der Waals surface area (Å²) in [6, 6.07) is 16.0. The molecule has 9 heteroatoms. The molecule has 0 bridgehead atoms. The molecule has 0 fully saturated rings. The van der Waals surface area contributed by atoms with Crippen LogP contribution >= 0.6 is 11.3 Å². The number of amides is 1. The SMILES string of the molecule is CCOC(=O)c1c(NC(=O)C(CC)OC(=O)c2c3c(nc4ccccc24)CCN(C(C)C)C3)sc2c1CCc1ccccc1-2. The summed E-state index contributed by atoms with van der Waals surface area (Å²) in [7, 11) is 0. The van der Waals surface area contributed by atoms with Gasteiger partial charge in [0.2, 0.25) is 0 Å². The number of aryl methyl sites for hydroxylation is 1. The molecule has 44 heavy (non-hydrogen) atoms. The number of carbonyl (C=O) groups is 3. The van der Waals surface area contributed by atoms with Crippen molar-refractivity contribution in [2.75, 3.05) is 18.5 Å². The number of para-hydroxylation sites is 1. The molecule has 8 nitrogen and oxygen atoms in total. The third kappa shape index (κ3) is 5.50. The number of nitrogens with one attached hydrogen (secondary N) is 1. The van der Waals surface area contributed by atoms with E-state index in [0.717, 1.165) is 52.2 Å². The van der Waals surface area contributed by atoms with Gasteiger partial charge in [-0.2, -0.15) is 0 Å². The molecule has 1 N–H and O–H groups in total. The van der Waals surface area contributed by atoms with Gasteiger partial charge in [-0.15, -0.1) is 11.3 Å². The Morgan fingerprint density at radius 2 is 1.73 bits per heavy atom. The lowest BCUT2D eigenvalue weighted by Gasteiger charge is -2.32. The number of ether oxygens (including phenoxy) is 2. The summed E-state index contributed by atoms with van der Waals surface area (Å²) in [5.74, 6) is -1.49. The summed E-state index contributed by atoms with van der Waals surface area (Å²) in [5, 5.41) is 4.08. The molecule has 1 aliphatic heterocycles. The number of anilines is 1. The van der Waals surface area contributed by atoms with Gasteiger partial charge in [0.15, 0.2) is 6.10 Å². The molecule has 4 aromatic rings. The Morgan fingerprint density at radius 1 is 0.955 bits per heavy atom. The number of hydrogen-bond donors (Lipinski definition) is 1. The predicted molar refractivity (Wildman–Crippen MR) is 172 cm³/mol. The maximum absolute atomic E-state index is 14.0. The standard InChI is InChI=1S/C35H37N3O5S/c1-5-28(43-35(41)29-23-13-9-10-14-26(23)36-27-17-18-38(20(3)4)19-25(27)29)32(39)37-33-30(34(40)42-6-2)24-16-15-21-11-7-8-12-22(21)31(24)44-33/h7-14,20,28H,5-6,15-19H2,1-4H3,(H,37,39). The highest BCUT2D eigenvalue weighted by molar-refractivity contribution is 7.20. The van der Waals surface area contributed by atoms with Crippen LogP contribution in [0.15, 0.2) is 48.5 Å². The van der Waals surface area contributed by atoms with Gasteiger partial charge in [-0.05, 0) is 62.8 Å². The molecule has 1 amide bonds. The number of esters is 2. The van der Waals surface area contributed by atoms with E-state index in [9.17, 15) is 14.4 Å². The van der Waals surface area contributed by atoms with Crippen molar-refractivity contribution in [3.05, 3.63) is 82.0 Å². The molecule has 0 saturated heterocycles. The fraction of sp³-hybridized carbons (Fsp3) is 0.371. The molecule has 0 spiro atoms. The number of benzene rings is 2. The molecule has 1 atom stereocenters. The first-order chi connectivity index (χ1) is 21.3. The first-order valence-electron chi connectivity index (χ1n) is 15.4. The molecular weight excluding hydrogens is 574 g/mol. The van der Waals surface area contributed by atoms with Crippen LogP contribution in [0.25, 0.3) is 21.3 Å². The second-order valence-corrected chi connectivity index (χ2v) is 12.5. The van der Waals surface area contributed by atoms with Gasteiger partial charge in [0.25, 0.3) is 5.91 Å². The van der Waals surface area contributed by atoms with Crippen molar-refractivity contribution < 1.29 is 23.9 Å². The minimum Gasteiger partial charge on any atom is -0.462 e. The number of hydrogen-bond acceptors (Lipinski definition) is 8. The number of thiophene rings is 1. The molecule has 0 saturated carbocycles. The summed E-state index contributed by atoms with van der Waals surface area (Å²) < 4.78 is 11.4. The fourth-order valence-electron chi connectivity index (χ4n) is 6.24. The lowest BCUT2D eigenvalue weighted by atomic mass is 9.89. The molecule has 2 aliphatic rings. The topological polar surface area (TPSA) is 97.8 Å². The maximum atomic E-state index is 14.0. The smallest absolute Gasteiger partial charge is 0.341 e. The molecule has 0 radical (unpaired) electrons. The van der Waals surface area contributed by atoms with Crippen LogP contribution in [-0.2, 0) is 40.1 Å². The summed E-state index contributed by atoms with van der Waals surface area (Å²) in [4.78, 5) is 49.0. The molecule has 6 rings (SSSR count). The third-order valence-corrected chi connectivity index (χ3v) is 9.73. The Hall–Kier alpha value is -4.08. The molecule has 2 aromatic carbocycles. The summed E-state index contributed by atoms with van der Waals surface area (Å²) >= 11 is 1.37. The monoisotopic (exact) mass is 611 g/mol. The maximum Gasteiger partial charge on any atom is 0.341 e. The van der Waals surface area contributed by atoms with E-state index >= 15 is 0 Å². The highest BCUT2D eigenvalue weighted by Gasteiger charge is 2.33. The van der Waals surface area contributed by atoms with Gasteiger partial charge < -0.3 is 14.8 Å². The van der Waals surface area contributed by atoms with E-state index in [0.29, 0.717) is 40.5 Å². The van der Waals surface area contributed by atoms with Crippen molar-refractivity contribution in [3.8, 4) is 10.4 Å². The van der Waals surface area contributed by atoms with Crippen molar-refractivity contribution >= 4 is 45.1 Å². The second kappa shape index (κ2) is 12.5. The number of aromatic nitrogens is 1. The molecule has 228 valence electrons. The second-order valence-electron chi connectivity index (χ2n) is 11.5. The van der Waals surface area contributed by atoms with E-state index in [4.69, 9.17) is 14.5 Å². The Bertz CT molecular complexity index is 1760. The van der Waals surface area contributed by atoms with Gasteiger partial charge in [-0.1, -0.05) is 49.4 Å². The van der Waals surface area contributed by atoms with E-state index < -0.39 is 23.9 Å². The van der Waals surface area contributed by atoms with Crippen LogP contribution < -0.4 is 5.32 Å². The van der Waals surface area contributed by atoms with E-state index in [-0.39, 0.29) is 13.0 Å². The van der Waals surface area contributed by atoms with Crippen molar-refractivity contribution in [2.45, 2.75) is 72.1 Å². The normalized spacial score (nSPS) is 14.8. The van der Waals surface area contributed by atoms with Gasteiger partial charge in [-0.25, -0.2) is 9.59 Å². The van der Waals surface area contributed by atoms with Crippen LogP contribution in [-0.4, -0.2) is 53.0 Å². The number of fused-ring (bicyclic) bond motifs is 5. The van der Waals surface area contributed by atoms with Crippen LogP contribution in [0.5, 0.6) is 0 Å².